The molecule has 0 saturated heterocycles. The first-order valence-electron chi connectivity index (χ1n) is 11.4. The minimum atomic E-state index is -1.53. The molecule has 0 amide bonds. The molecule has 0 unspecified atom stereocenters. The van der Waals surface area contributed by atoms with Gasteiger partial charge in [-0.15, -0.1) is 0 Å². The van der Waals surface area contributed by atoms with Crippen LogP contribution in [0.4, 0.5) is 0 Å². The molecule has 0 fully saturated rings. The normalized spacial score (nSPS) is 12.9. The van der Waals surface area contributed by atoms with Gasteiger partial charge in [-0.3, -0.25) is 0 Å². The van der Waals surface area contributed by atoms with Gasteiger partial charge in [0.15, 0.2) is 6.20 Å². The number of aromatic nitrogens is 1. The molecule has 1 aliphatic rings. The summed E-state index contributed by atoms with van der Waals surface area (Å²) in [4.78, 5) is 0. The molecular formula is C29H28NOSi+. The third kappa shape index (κ3) is 2.49. The van der Waals surface area contributed by atoms with E-state index in [-0.39, 0.29) is 0 Å². The number of aryl methyl sites for hydroxylation is 3. The number of nitrogens with zero attached hydrogens (tertiary/aromatic N) is 1. The summed E-state index contributed by atoms with van der Waals surface area (Å²) in [6.07, 6.45) is 2.22. The van der Waals surface area contributed by atoms with E-state index in [9.17, 15) is 0 Å². The Kier molecular flexibility index (Phi) is 3.92. The molecule has 32 heavy (non-hydrogen) atoms. The molecule has 1 aliphatic heterocycles. The van der Waals surface area contributed by atoms with Crippen LogP contribution in [0.25, 0.3) is 43.6 Å². The molecule has 0 radical (unpaired) electrons. The summed E-state index contributed by atoms with van der Waals surface area (Å²) < 4.78 is 9.03. The number of pyridine rings is 1. The van der Waals surface area contributed by atoms with E-state index in [1.54, 1.807) is 0 Å². The average molecular weight is 435 g/mol. The Morgan fingerprint density at radius 2 is 1.50 bits per heavy atom. The predicted molar refractivity (Wildman–Crippen MR) is 138 cm³/mol. The molecule has 0 bridgehead atoms. The first-order chi connectivity index (χ1) is 15.3. The highest BCUT2D eigenvalue weighted by atomic mass is 28.3. The van der Waals surface area contributed by atoms with E-state index in [2.05, 4.69) is 106 Å². The largest absolute Gasteiger partial charge is 0.455 e. The Morgan fingerprint density at radius 3 is 2.22 bits per heavy atom. The number of rotatable bonds is 1. The lowest BCUT2D eigenvalue weighted by molar-refractivity contribution is -0.659. The van der Waals surface area contributed by atoms with Crippen LogP contribution < -0.4 is 14.5 Å². The van der Waals surface area contributed by atoms with Gasteiger partial charge in [-0.05, 0) is 47.0 Å². The van der Waals surface area contributed by atoms with Gasteiger partial charge in [-0.25, -0.2) is 4.57 Å². The number of benzene rings is 4. The summed E-state index contributed by atoms with van der Waals surface area (Å²) in [6.45, 7) is 11.7. The SMILES string of the molecule is Cc1c2c(c(C)c3ccccc13)-c1c3c(cc4cccc([Si](C)(C)C)c4c3cc[n+]1C)O2. The standard InChI is InChI=1S/C29H28NOSi/c1-17-20-11-7-8-12-21(20)18(2)29-25(17)28-27-22(14-15-30(28)3)26-19(16-23(27)31-29)10-9-13-24(26)32(4,5)6/h7-16H,1-6H3/q+1. The zero-order chi connectivity index (χ0) is 22.4. The second kappa shape index (κ2) is 6.43. The number of hydrogen-bond donors (Lipinski definition) is 0. The van der Waals surface area contributed by atoms with Crippen LogP contribution in [0.5, 0.6) is 11.5 Å². The lowest BCUT2D eigenvalue weighted by Crippen LogP contribution is -2.38. The van der Waals surface area contributed by atoms with Crippen LogP contribution in [0, 0.1) is 13.8 Å². The Balaban J connectivity index is 1.85. The summed E-state index contributed by atoms with van der Waals surface area (Å²) in [5, 5.41) is 9.29. The molecular weight excluding hydrogens is 406 g/mol. The van der Waals surface area contributed by atoms with E-state index in [1.807, 2.05) is 0 Å². The number of ether oxygens (including phenoxy) is 1. The topological polar surface area (TPSA) is 13.1 Å². The van der Waals surface area contributed by atoms with Gasteiger partial charge in [-0.2, -0.15) is 0 Å². The van der Waals surface area contributed by atoms with Gasteiger partial charge < -0.3 is 4.74 Å². The fourth-order valence-corrected chi connectivity index (χ4v) is 7.22. The molecule has 0 aliphatic carbocycles. The van der Waals surface area contributed by atoms with Crippen LogP contribution in [-0.4, -0.2) is 8.07 Å². The highest BCUT2D eigenvalue weighted by molar-refractivity contribution is 6.90. The van der Waals surface area contributed by atoms with Crippen molar-refractivity contribution in [2.75, 3.05) is 0 Å². The number of hydrogen-bond acceptors (Lipinski definition) is 1. The molecule has 1 aromatic heterocycles. The molecule has 3 heteroatoms. The van der Waals surface area contributed by atoms with Gasteiger partial charge in [0, 0.05) is 17.0 Å². The summed E-state index contributed by atoms with van der Waals surface area (Å²) in [5.74, 6) is 1.97. The monoisotopic (exact) mass is 434 g/mol. The highest BCUT2D eigenvalue weighted by Gasteiger charge is 2.33. The second-order valence-corrected chi connectivity index (χ2v) is 15.2. The van der Waals surface area contributed by atoms with E-state index in [4.69, 9.17) is 4.74 Å². The molecule has 0 atom stereocenters. The maximum absolute atomic E-state index is 6.76. The van der Waals surface area contributed by atoms with Gasteiger partial charge in [0.05, 0.1) is 19.0 Å². The van der Waals surface area contributed by atoms with E-state index in [0.29, 0.717) is 0 Å². The van der Waals surface area contributed by atoms with Crippen LogP contribution in [0.15, 0.2) is 60.8 Å². The molecule has 4 aromatic carbocycles. The van der Waals surface area contributed by atoms with Crippen molar-refractivity contribution in [1.29, 1.82) is 0 Å². The third-order valence-corrected chi connectivity index (χ3v) is 9.19. The fourth-order valence-electron chi connectivity index (χ4n) is 5.59. The molecule has 6 rings (SSSR count). The van der Waals surface area contributed by atoms with Crippen molar-refractivity contribution in [3.63, 3.8) is 0 Å². The lowest BCUT2D eigenvalue weighted by Gasteiger charge is -2.26. The molecule has 2 nitrogen and oxygen atoms in total. The molecule has 2 heterocycles. The minimum absolute atomic E-state index is 0.969. The zero-order valence-electron chi connectivity index (χ0n) is 19.6. The molecule has 5 aromatic rings. The van der Waals surface area contributed by atoms with Gasteiger partial charge in [-0.1, -0.05) is 67.3 Å². The van der Waals surface area contributed by atoms with Crippen LogP contribution in [0.2, 0.25) is 19.6 Å². The van der Waals surface area contributed by atoms with Gasteiger partial charge in [0.1, 0.15) is 18.5 Å². The van der Waals surface area contributed by atoms with E-state index < -0.39 is 8.07 Å². The zero-order valence-corrected chi connectivity index (χ0v) is 20.6. The second-order valence-electron chi connectivity index (χ2n) is 10.2. The van der Waals surface area contributed by atoms with Gasteiger partial charge in [0.25, 0.3) is 0 Å². The maximum Gasteiger partial charge on any atom is 0.228 e. The van der Waals surface area contributed by atoms with E-state index in [1.165, 1.54) is 59.9 Å². The van der Waals surface area contributed by atoms with Gasteiger partial charge >= 0.3 is 0 Å². The first-order valence-corrected chi connectivity index (χ1v) is 14.9. The lowest BCUT2D eigenvalue weighted by atomic mass is 9.88. The molecule has 158 valence electrons. The van der Waals surface area contributed by atoms with Crippen molar-refractivity contribution in [2.24, 2.45) is 7.05 Å². The van der Waals surface area contributed by atoms with Crippen molar-refractivity contribution < 1.29 is 9.30 Å². The van der Waals surface area contributed by atoms with Crippen molar-refractivity contribution in [1.82, 2.24) is 0 Å². The van der Waals surface area contributed by atoms with Crippen molar-refractivity contribution >= 4 is 45.6 Å². The molecule has 0 N–H and O–H groups in total. The summed E-state index contributed by atoms with van der Waals surface area (Å²) in [5.41, 5.74) is 4.98. The Bertz CT molecular complexity index is 1610. The van der Waals surface area contributed by atoms with Crippen LogP contribution >= 0.6 is 0 Å². The molecule has 0 saturated carbocycles. The average Bonchev–Trinajstić information content (AvgIpc) is 2.77. The Labute approximate surface area is 190 Å². The van der Waals surface area contributed by atoms with E-state index in [0.717, 1.165) is 11.5 Å². The van der Waals surface area contributed by atoms with Crippen LogP contribution in [0.1, 0.15) is 11.1 Å². The summed E-state index contributed by atoms with van der Waals surface area (Å²) in [7, 11) is 0.628. The van der Waals surface area contributed by atoms with E-state index >= 15 is 0 Å². The predicted octanol–water partition coefficient (Wildman–Crippen LogP) is 6.91. The first kappa shape index (κ1) is 19.5. The maximum atomic E-state index is 6.76. The Morgan fingerprint density at radius 1 is 0.781 bits per heavy atom. The summed E-state index contributed by atoms with van der Waals surface area (Å²) in [6, 6.07) is 20.0. The van der Waals surface area contributed by atoms with Crippen molar-refractivity contribution in [3.8, 4) is 22.8 Å². The summed E-state index contributed by atoms with van der Waals surface area (Å²) >= 11 is 0. The van der Waals surface area contributed by atoms with Crippen LogP contribution in [-0.2, 0) is 7.05 Å². The highest BCUT2D eigenvalue weighted by Crippen LogP contribution is 2.51. The minimum Gasteiger partial charge on any atom is -0.455 e. The van der Waals surface area contributed by atoms with Crippen LogP contribution in [0.3, 0.4) is 0 Å². The quantitative estimate of drug-likeness (QED) is 0.156. The third-order valence-electron chi connectivity index (χ3n) is 7.16. The van der Waals surface area contributed by atoms with Crippen molar-refractivity contribution in [3.05, 3.63) is 71.9 Å². The van der Waals surface area contributed by atoms with Gasteiger partial charge in [0.2, 0.25) is 5.69 Å². The smallest absolute Gasteiger partial charge is 0.228 e. The molecule has 0 spiro atoms. The fraction of sp³-hybridized carbons (Fsp3) is 0.207. The van der Waals surface area contributed by atoms with Crippen molar-refractivity contribution in [2.45, 2.75) is 33.5 Å². The Hall–Kier alpha value is -3.17. The number of fused-ring (bicyclic) bond motifs is 5.